The standard InChI is InChI=1S/C4H9N3.2ClH/c5-3(6)4(7)1-2-4;;/h1-2,7H2,(H3,5,6);2*1H. The zero-order chi connectivity index (χ0) is 5.49. The average molecular weight is 172 g/mol. The molecule has 56 valence electrons. The topological polar surface area (TPSA) is 75.9 Å². The molecule has 0 atom stereocenters. The van der Waals surface area contributed by atoms with Gasteiger partial charge in [-0.25, -0.2) is 0 Å². The Labute approximate surface area is 66.5 Å². The normalized spacial score (nSPS) is 18.8. The van der Waals surface area contributed by atoms with Gasteiger partial charge in [-0.1, -0.05) is 0 Å². The van der Waals surface area contributed by atoms with E-state index in [0.29, 0.717) is 0 Å². The van der Waals surface area contributed by atoms with Gasteiger partial charge in [-0.2, -0.15) is 0 Å². The maximum atomic E-state index is 6.86. The maximum Gasteiger partial charge on any atom is 0.111 e. The number of nitrogens with two attached hydrogens (primary N) is 2. The summed E-state index contributed by atoms with van der Waals surface area (Å²) in [5, 5.41) is 6.86. The largest absolute Gasteiger partial charge is 0.386 e. The third-order valence-electron chi connectivity index (χ3n) is 1.33. The molecule has 0 radical (unpaired) electrons. The summed E-state index contributed by atoms with van der Waals surface area (Å²) in [4.78, 5) is 0. The Balaban J connectivity index is 0. The monoisotopic (exact) mass is 171 g/mol. The molecule has 5 N–H and O–H groups in total. The summed E-state index contributed by atoms with van der Waals surface area (Å²) in [6, 6.07) is 0. The molecule has 0 saturated heterocycles. The highest BCUT2D eigenvalue weighted by Gasteiger charge is 2.41. The molecular weight excluding hydrogens is 161 g/mol. The first-order valence-corrected chi connectivity index (χ1v) is 2.28. The molecule has 1 saturated carbocycles. The average Bonchev–Trinajstić information content (AvgIpc) is 2.21. The van der Waals surface area contributed by atoms with Crippen LogP contribution in [0.15, 0.2) is 0 Å². The molecule has 3 nitrogen and oxygen atoms in total. The lowest BCUT2D eigenvalue weighted by Crippen LogP contribution is -2.37. The Morgan fingerprint density at radius 2 is 1.67 bits per heavy atom. The third kappa shape index (κ3) is 2.39. The molecule has 1 aliphatic carbocycles. The molecular formula is C4H11Cl2N3. The molecule has 0 bridgehead atoms. The van der Waals surface area contributed by atoms with Crippen LogP contribution in [-0.2, 0) is 0 Å². The summed E-state index contributed by atoms with van der Waals surface area (Å²) in [5.41, 5.74) is 10.1. The van der Waals surface area contributed by atoms with Gasteiger partial charge in [0.15, 0.2) is 0 Å². The van der Waals surface area contributed by atoms with E-state index in [4.69, 9.17) is 16.9 Å². The van der Waals surface area contributed by atoms with Gasteiger partial charge in [0.2, 0.25) is 0 Å². The van der Waals surface area contributed by atoms with E-state index < -0.39 is 0 Å². The fraction of sp³-hybridized carbons (Fsp3) is 0.750. The van der Waals surface area contributed by atoms with Gasteiger partial charge >= 0.3 is 0 Å². The van der Waals surface area contributed by atoms with Gasteiger partial charge < -0.3 is 11.5 Å². The summed E-state index contributed by atoms with van der Waals surface area (Å²) >= 11 is 0. The van der Waals surface area contributed by atoms with Crippen LogP contribution in [0.2, 0.25) is 0 Å². The van der Waals surface area contributed by atoms with Crippen LogP contribution in [0.1, 0.15) is 12.8 Å². The van der Waals surface area contributed by atoms with Crippen molar-refractivity contribution in [1.29, 1.82) is 5.41 Å². The van der Waals surface area contributed by atoms with Gasteiger partial charge in [0.25, 0.3) is 0 Å². The minimum atomic E-state index is -0.389. The predicted octanol–water partition coefficient (Wildman–Crippen LogP) is 0.257. The number of hydrogen-bond donors (Lipinski definition) is 3. The molecule has 5 heteroatoms. The Morgan fingerprint density at radius 3 is 1.67 bits per heavy atom. The zero-order valence-corrected chi connectivity index (χ0v) is 6.52. The second-order valence-corrected chi connectivity index (χ2v) is 2.07. The van der Waals surface area contributed by atoms with Gasteiger partial charge in [-0.05, 0) is 12.8 Å². The smallest absolute Gasteiger partial charge is 0.111 e. The van der Waals surface area contributed by atoms with Crippen molar-refractivity contribution in [3.8, 4) is 0 Å². The highest BCUT2D eigenvalue weighted by molar-refractivity contribution is 5.89. The van der Waals surface area contributed by atoms with Gasteiger partial charge in [0.05, 0.1) is 5.54 Å². The Bertz CT molecular complexity index is 110. The number of halogens is 2. The van der Waals surface area contributed by atoms with Crippen molar-refractivity contribution in [2.45, 2.75) is 18.4 Å². The van der Waals surface area contributed by atoms with E-state index in [-0.39, 0.29) is 36.2 Å². The fourth-order valence-corrected chi connectivity index (χ4v) is 0.404. The Morgan fingerprint density at radius 1 is 1.33 bits per heavy atom. The first-order chi connectivity index (χ1) is 3.15. The summed E-state index contributed by atoms with van der Waals surface area (Å²) in [6.07, 6.45) is 1.78. The summed E-state index contributed by atoms with van der Waals surface area (Å²) < 4.78 is 0. The molecule has 0 amide bonds. The van der Waals surface area contributed by atoms with Crippen LogP contribution in [0.3, 0.4) is 0 Å². The molecule has 0 aromatic rings. The van der Waals surface area contributed by atoms with Crippen LogP contribution in [0.5, 0.6) is 0 Å². The quantitative estimate of drug-likeness (QED) is 0.392. The maximum absolute atomic E-state index is 6.86. The van der Waals surface area contributed by atoms with E-state index in [1.54, 1.807) is 0 Å². The number of rotatable bonds is 1. The van der Waals surface area contributed by atoms with E-state index in [1.165, 1.54) is 0 Å². The minimum absolute atomic E-state index is 0. The molecule has 1 aliphatic rings. The summed E-state index contributed by atoms with van der Waals surface area (Å²) in [6.45, 7) is 0. The number of nitrogens with one attached hydrogen (secondary N) is 1. The van der Waals surface area contributed by atoms with Crippen molar-refractivity contribution in [3.05, 3.63) is 0 Å². The van der Waals surface area contributed by atoms with E-state index in [1.807, 2.05) is 0 Å². The number of hydrogen-bond acceptors (Lipinski definition) is 2. The summed E-state index contributed by atoms with van der Waals surface area (Å²) in [5.74, 6) is 0.132. The highest BCUT2D eigenvalue weighted by Crippen LogP contribution is 2.31. The summed E-state index contributed by atoms with van der Waals surface area (Å²) in [7, 11) is 0. The van der Waals surface area contributed by atoms with Crippen LogP contribution in [0.25, 0.3) is 0 Å². The fourth-order valence-electron chi connectivity index (χ4n) is 0.404. The molecule has 9 heavy (non-hydrogen) atoms. The molecule has 0 aromatic heterocycles. The van der Waals surface area contributed by atoms with Crippen molar-refractivity contribution >= 4 is 30.6 Å². The first-order valence-electron chi connectivity index (χ1n) is 2.28. The van der Waals surface area contributed by atoms with Crippen molar-refractivity contribution in [1.82, 2.24) is 0 Å². The van der Waals surface area contributed by atoms with Crippen molar-refractivity contribution in [2.75, 3.05) is 0 Å². The molecule has 0 heterocycles. The van der Waals surface area contributed by atoms with Crippen molar-refractivity contribution < 1.29 is 0 Å². The van der Waals surface area contributed by atoms with Gasteiger partial charge in [0.1, 0.15) is 5.84 Å². The first kappa shape index (κ1) is 11.8. The second-order valence-electron chi connectivity index (χ2n) is 2.07. The lowest BCUT2D eigenvalue weighted by Gasteiger charge is -2.01. The van der Waals surface area contributed by atoms with E-state index in [0.717, 1.165) is 12.8 Å². The van der Waals surface area contributed by atoms with Crippen LogP contribution in [0, 0.1) is 5.41 Å². The van der Waals surface area contributed by atoms with E-state index in [2.05, 4.69) is 0 Å². The second kappa shape index (κ2) is 3.25. The molecule has 1 rings (SSSR count). The Hall–Kier alpha value is 0.01000. The zero-order valence-electron chi connectivity index (χ0n) is 4.89. The lowest BCUT2D eigenvalue weighted by atomic mass is 10.3. The molecule has 0 aliphatic heterocycles. The van der Waals surface area contributed by atoms with Crippen LogP contribution >= 0.6 is 24.8 Å². The molecule has 1 fully saturated rings. The SMILES string of the molecule is Cl.Cl.N=C(N)C1(N)CC1. The van der Waals surface area contributed by atoms with Crippen molar-refractivity contribution in [3.63, 3.8) is 0 Å². The number of amidine groups is 1. The van der Waals surface area contributed by atoms with Crippen LogP contribution in [-0.4, -0.2) is 11.4 Å². The van der Waals surface area contributed by atoms with Crippen LogP contribution < -0.4 is 11.5 Å². The predicted molar refractivity (Wildman–Crippen MR) is 42.6 cm³/mol. The van der Waals surface area contributed by atoms with E-state index in [9.17, 15) is 0 Å². The van der Waals surface area contributed by atoms with Gasteiger partial charge in [0, 0.05) is 0 Å². The molecule has 0 aromatic carbocycles. The third-order valence-corrected chi connectivity index (χ3v) is 1.33. The Kier molecular flexibility index (Phi) is 4.24. The minimum Gasteiger partial charge on any atom is -0.386 e. The molecule has 0 unspecified atom stereocenters. The van der Waals surface area contributed by atoms with E-state index >= 15 is 0 Å². The molecule has 0 spiro atoms. The highest BCUT2D eigenvalue weighted by atomic mass is 35.5. The van der Waals surface area contributed by atoms with Gasteiger partial charge in [-0.15, -0.1) is 24.8 Å². The van der Waals surface area contributed by atoms with Crippen molar-refractivity contribution in [2.24, 2.45) is 11.5 Å². The lowest BCUT2D eigenvalue weighted by molar-refractivity contribution is 0.887. The van der Waals surface area contributed by atoms with Crippen LogP contribution in [0.4, 0.5) is 0 Å². The van der Waals surface area contributed by atoms with Gasteiger partial charge in [-0.3, -0.25) is 5.41 Å².